The first-order chi connectivity index (χ1) is 16.5. The Labute approximate surface area is 196 Å². The van der Waals surface area contributed by atoms with Crippen LogP contribution in [-0.4, -0.2) is 41.2 Å². The van der Waals surface area contributed by atoms with Crippen molar-refractivity contribution >= 4 is 29.3 Å². The molecule has 10 heteroatoms. The zero-order valence-corrected chi connectivity index (χ0v) is 19.0. The molecule has 0 aliphatic rings. The predicted octanol–water partition coefficient (Wildman–Crippen LogP) is 4.32. The van der Waals surface area contributed by atoms with Crippen LogP contribution in [0.5, 0.6) is 5.75 Å². The number of ether oxygens (including phenoxy) is 1. The maximum atomic E-state index is 13.3. The van der Waals surface area contributed by atoms with Crippen molar-refractivity contribution < 1.29 is 13.9 Å². The number of hydrogen-bond acceptors (Lipinski definition) is 8. The van der Waals surface area contributed by atoms with Gasteiger partial charge in [-0.25, -0.2) is 24.3 Å². The average molecular weight is 462 g/mol. The number of methoxy groups -OCH3 is 1. The van der Waals surface area contributed by atoms with Crippen molar-refractivity contribution in [2.75, 3.05) is 24.8 Å². The lowest BCUT2D eigenvalue weighted by Crippen LogP contribution is -2.19. The molecule has 3 aromatic rings. The Balaban J connectivity index is 2.05. The van der Waals surface area contributed by atoms with Crippen molar-refractivity contribution in [2.24, 2.45) is 4.99 Å². The van der Waals surface area contributed by atoms with Crippen LogP contribution in [0.1, 0.15) is 17.3 Å². The van der Waals surface area contributed by atoms with E-state index in [0.717, 1.165) is 12.4 Å². The third-order valence-electron chi connectivity index (χ3n) is 4.53. The number of nitrogens with zero attached hydrogens (tertiary/aromatic N) is 4. The van der Waals surface area contributed by atoms with Gasteiger partial charge in [0.25, 0.3) is 5.91 Å². The number of aliphatic imine (C=N–C) groups is 1. The molecule has 0 spiro atoms. The Hall–Kier alpha value is -4.60. The largest absolute Gasteiger partial charge is 0.494 e. The molecule has 0 aliphatic heterocycles. The molecule has 0 bridgehead atoms. The first-order valence-corrected chi connectivity index (χ1v) is 10.2. The number of hydrogen-bond donors (Lipinski definition) is 3. The van der Waals surface area contributed by atoms with Crippen LogP contribution < -0.4 is 20.7 Å². The highest BCUT2D eigenvalue weighted by Crippen LogP contribution is 2.37. The zero-order chi connectivity index (χ0) is 24.5. The highest BCUT2D eigenvalue weighted by atomic mass is 19.1. The summed E-state index contributed by atoms with van der Waals surface area (Å²) in [6, 6.07) is 6.98. The number of rotatable bonds is 9. The van der Waals surface area contributed by atoms with Crippen LogP contribution in [0.3, 0.4) is 0 Å². The van der Waals surface area contributed by atoms with Crippen molar-refractivity contribution in [1.29, 1.82) is 0 Å². The first-order valence-electron chi connectivity index (χ1n) is 10.2. The number of halogens is 1. The van der Waals surface area contributed by atoms with E-state index in [-0.39, 0.29) is 5.91 Å². The van der Waals surface area contributed by atoms with Gasteiger partial charge >= 0.3 is 0 Å². The fraction of sp³-hybridized carbons (Fsp3) is 0.125. The van der Waals surface area contributed by atoms with Gasteiger partial charge in [-0.15, -0.1) is 0 Å². The van der Waals surface area contributed by atoms with E-state index in [1.807, 2.05) is 0 Å². The van der Waals surface area contributed by atoms with Crippen LogP contribution in [-0.2, 0) is 0 Å². The van der Waals surface area contributed by atoms with E-state index in [1.54, 1.807) is 49.6 Å². The van der Waals surface area contributed by atoms with E-state index < -0.39 is 5.82 Å². The molecule has 0 aliphatic carbocycles. The number of nitrogens with one attached hydrogen (secondary N) is 3. The minimum atomic E-state index is -0.540. The molecule has 0 unspecified atom stereocenters. The maximum Gasteiger partial charge on any atom is 0.254 e. The smallest absolute Gasteiger partial charge is 0.254 e. The van der Waals surface area contributed by atoms with Gasteiger partial charge in [-0.05, 0) is 25.1 Å². The molecule has 2 aromatic heterocycles. The van der Waals surface area contributed by atoms with Crippen LogP contribution in [0.15, 0.2) is 72.4 Å². The summed E-state index contributed by atoms with van der Waals surface area (Å²) in [4.78, 5) is 29.1. The van der Waals surface area contributed by atoms with Crippen molar-refractivity contribution in [3.63, 3.8) is 0 Å². The Morgan fingerprint density at radius 2 is 1.94 bits per heavy atom. The summed E-state index contributed by atoms with van der Waals surface area (Å²) in [7, 11) is 3.04. The van der Waals surface area contributed by atoms with Crippen LogP contribution >= 0.6 is 0 Å². The van der Waals surface area contributed by atoms with Gasteiger partial charge in [0.2, 0.25) is 0 Å². The van der Waals surface area contributed by atoms with Crippen molar-refractivity contribution in [2.45, 2.75) is 6.92 Å². The fourth-order valence-corrected chi connectivity index (χ4v) is 3.07. The lowest BCUT2D eigenvalue weighted by molar-refractivity contribution is 0.0963. The number of carbonyl (C=O) groups excluding carboxylic acids is 1. The number of amides is 1. The van der Waals surface area contributed by atoms with Gasteiger partial charge in [0.05, 0.1) is 42.0 Å². The summed E-state index contributed by atoms with van der Waals surface area (Å²) >= 11 is 0. The quantitative estimate of drug-likeness (QED) is 0.321. The SMILES string of the molecule is C=C/C=C(\N=C/C)Nc1cc(Nc2cccc(-c3ncc(F)cn3)c2OC)c(C(=O)NC)cn1. The van der Waals surface area contributed by atoms with Crippen LogP contribution in [0, 0.1) is 5.82 Å². The van der Waals surface area contributed by atoms with E-state index in [2.05, 4.69) is 42.5 Å². The van der Waals surface area contributed by atoms with E-state index in [4.69, 9.17) is 4.74 Å². The van der Waals surface area contributed by atoms with Crippen molar-refractivity contribution in [3.05, 3.63) is 78.8 Å². The number of carbonyl (C=O) groups is 1. The lowest BCUT2D eigenvalue weighted by atomic mass is 10.1. The lowest BCUT2D eigenvalue weighted by Gasteiger charge is -2.17. The normalized spacial score (nSPS) is 11.2. The summed E-state index contributed by atoms with van der Waals surface area (Å²) in [6.07, 6.45) is 8.54. The van der Waals surface area contributed by atoms with Gasteiger partial charge in [-0.2, -0.15) is 0 Å². The second-order valence-electron chi connectivity index (χ2n) is 6.73. The minimum Gasteiger partial charge on any atom is -0.494 e. The monoisotopic (exact) mass is 461 g/mol. The fourth-order valence-electron chi connectivity index (χ4n) is 3.07. The highest BCUT2D eigenvalue weighted by molar-refractivity contribution is 6.00. The highest BCUT2D eigenvalue weighted by Gasteiger charge is 2.17. The zero-order valence-electron chi connectivity index (χ0n) is 19.0. The summed E-state index contributed by atoms with van der Waals surface area (Å²) in [6.45, 7) is 5.47. The van der Waals surface area contributed by atoms with Crippen LogP contribution in [0.2, 0.25) is 0 Å². The van der Waals surface area contributed by atoms with Gasteiger partial charge in [-0.3, -0.25) is 4.79 Å². The Morgan fingerprint density at radius 1 is 1.18 bits per heavy atom. The summed E-state index contributed by atoms with van der Waals surface area (Å²) in [5, 5.41) is 8.92. The molecule has 34 heavy (non-hydrogen) atoms. The van der Waals surface area contributed by atoms with Crippen LogP contribution in [0.4, 0.5) is 21.6 Å². The van der Waals surface area contributed by atoms with Gasteiger partial charge < -0.3 is 20.7 Å². The Morgan fingerprint density at radius 3 is 2.59 bits per heavy atom. The van der Waals surface area contributed by atoms with Gasteiger partial charge in [0.15, 0.2) is 17.4 Å². The number of allylic oxidation sites excluding steroid dienone is 2. The molecule has 0 saturated carbocycles. The number of aromatic nitrogens is 3. The van der Waals surface area contributed by atoms with Gasteiger partial charge in [0, 0.05) is 25.5 Å². The molecule has 1 amide bonds. The topological polar surface area (TPSA) is 113 Å². The molecule has 3 N–H and O–H groups in total. The number of pyridine rings is 1. The molecule has 0 fully saturated rings. The van der Waals surface area contributed by atoms with Crippen molar-refractivity contribution in [1.82, 2.24) is 20.3 Å². The average Bonchev–Trinajstić information content (AvgIpc) is 2.84. The van der Waals surface area contributed by atoms with Crippen LogP contribution in [0.25, 0.3) is 11.4 Å². The molecule has 174 valence electrons. The van der Waals surface area contributed by atoms with Crippen molar-refractivity contribution in [3.8, 4) is 17.1 Å². The number of para-hydroxylation sites is 1. The second kappa shape index (κ2) is 11.3. The third kappa shape index (κ3) is 5.60. The molecule has 3 rings (SSSR count). The molecule has 1 aromatic carbocycles. The molecule has 0 atom stereocenters. The first kappa shape index (κ1) is 24.1. The molecular formula is C24H24FN7O2. The maximum absolute atomic E-state index is 13.3. The molecule has 0 radical (unpaired) electrons. The number of benzene rings is 1. The van der Waals surface area contributed by atoms with E-state index in [9.17, 15) is 9.18 Å². The molecule has 9 nitrogen and oxygen atoms in total. The molecular weight excluding hydrogens is 437 g/mol. The second-order valence-corrected chi connectivity index (χ2v) is 6.73. The Kier molecular flexibility index (Phi) is 8.01. The van der Waals surface area contributed by atoms with Gasteiger partial charge in [0.1, 0.15) is 11.6 Å². The van der Waals surface area contributed by atoms with E-state index >= 15 is 0 Å². The van der Waals surface area contributed by atoms with Gasteiger partial charge in [-0.1, -0.05) is 18.7 Å². The Bertz CT molecular complexity index is 1240. The standard InChI is InChI=1S/C24H24FN7O2/c1-5-8-20(27-6-2)32-21-11-19(17(14-28-21)24(33)26-3)31-18-10-7-9-16(22(18)34-4)23-29-12-15(25)13-30-23/h5-14H,1H2,2-4H3,(H,26,33)(H2,28,31,32)/b20-8+,27-6-. The molecule has 2 heterocycles. The summed E-state index contributed by atoms with van der Waals surface area (Å²) in [5.74, 6) is 0.823. The number of anilines is 3. The van der Waals surface area contributed by atoms with E-state index in [0.29, 0.717) is 45.7 Å². The summed E-state index contributed by atoms with van der Waals surface area (Å²) in [5.41, 5.74) is 1.87. The third-order valence-corrected chi connectivity index (χ3v) is 4.53. The summed E-state index contributed by atoms with van der Waals surface area (Å²) < 4.78 is 18.9. The predicted molar refractivity (Wildman–Crippen MR) is 131 cm³/mol. The molecule has 0 saturated heterocycles. The van der Waals surface area contributed by atoms with E-state index in [1.165, 1.54) is 20.4 Å². The minimum absolute atomic E-state index is 0.294.